The summed E-state index contributed by atoms with van der Waals surface area (Å²) in [6, 6.07) is 6.14. The van der Waals surface area contributed by atoms with Gasteiger partial charge in [0.1, 0.15) is 5.75 Å². The Morgan fingerprint density at radius 1 is 1.00 bits per heavy atom. The second kappa shape index (κ2) is 5.81. The molecule has 0 atom stereocenters. The lowest BCUT2D eigenvalue weighted by Gasteiger charge is -2.11. The molecule has 0 fully saturated rings. The van der Waals surface area contributed by atoms with Crippen LogP contribution >= 0.6 is 34.8 Å². The highest BCUT2D eigenvalue weighted by Crippen LogP contribution is 2.34. The highest BCUT2D eigenvalue weighted by molar-refractivity contribution is 7.92. The van der Waals surface area contributed by atoms with Crippen LogP contribution in [0.2, 0.25) is 15.1 Å². The van der Waals surface area contributed by atoms with E-state index < -0.39 is 10.0 Å². The van der Waals surface area contributed by atoms with Crippen molar-refractivity contribution in [3.63, 3.8) is 0 Å². The third-order valence-electron chi connectivity index (χ3n) is 2.56. The first-order valence-corrected chi connectivity index (χ1v) is 8.08. The van der Waals surface area contributed by atoms with Crippen LogP contribution in [0.3, 0.4) is 0 Å². The van der Waals surface area contributed by atoms with Crippen LogP contribution in [0, 0.1) is 0 Å². The van der Waals surface area contributed by atoms with Crippen LogP contribution in [0.25, 0.3) is 0 Å². The van der Waals surface area contributed by atoms with Crippen molar-refractivity contribution in [2.75, 3.05) is 10.5 Å². The Hall–Kier alpha value is -1.34. The number of sulfonamides is 1. The molecule has 2 aromatic rings. The molecule has 2 aromatic carbocycles. The molecular formula is C12H9Cl3N2O3S. The highest BCUT2D eigenvalue weighted by atomic mass is 35.5. The number of hydrogen-bond acceptors (Lipinski definition) is 4. The maximum Gasteiger partial charge on any atom is 0.262 e. The lowest BCUT2D eigenvalue weighted by atomic mass is 10.3. The molecule has 9 heteroatoms. The Morgan fingerprint density at radius 3 is 2.24 bits per heavy atom. The molecule has 0 bridgehead atoms. The van der Waals surface area contributed by atoms with E-state index in [9.17, 15) is 13.5 Å². The minimum atomic E-state index is -3.93. The number of anilines is 2. The fraction of sp³-hybridized carbons (Fsp3) is 0. The number of nitrogens with one attached hydrogen (secondary N) is 1. The lowest BCUT2D eigenvalue weighted by Crippen LogP contribution is -2.13. The zero-order chi connectivity index (χ0) is 15.8. The Balaban J connectivity index is 2.42. The van der Waals surface area contributed by atoms with Crippen molar-refractivity contribution in [2.24, 2.45) is 0 Å². The topological polar surface area (TPSA) is 92.4 Å². The smallest absolute Gasteiger partial charge is 0.262 e. The molecule has 0 heterocycles. The molecule has 5 nitrogen and oxygen atoms in total. The quantitative estimate of drug-likeness (QED) is 0.438. The summed E-state index contributed by atoms with van der Waals surface area (Å²) in [5.41, 5.74) is 5.50. The fourth-order valence-corrected chi connectivity index (χ4v) is 3.26. The second-order valence-corrected chi connectivity index (χ2v) is 6.98. The SMILES string of the molecule is Nc1cc(S(=O)(=O)Nc2cc(Cl)c(Cl)cc2Cl)ccc1O. The summed E-state index contributed by atoms with van der Waals surface area (Å²) < 4.78 is 26.7. The average molecular weight is 368 g/mol. The summed E-state index contributed by atoms with van der Waals surface area (Å²) in [6.07, 6.45) is 0. The molecule has 0 spiro atoms. The van der Waals surface area contributed by atoms with E-state index in [1.54, 1.807) is 0 Å². The number of aromatic hydroxyl groups is 1. The van der Waals surface area contributed by atoms with E-state index in [1.165, 1.54) is 24.3 Å². The molecule has 4 N–H and O–H groups in total. The van der Waals surface area contributed by atoms with E-state index in [4.69, 9.17) is 40.5 Å². The Labute approximate surface area is 136 Å². The predicted molar refractivity (Wildman–Crippen MR) is 84.8 cm³/mol. The van der Waals surface area contributed by atoms with Crippen LogP contribution in [-0.2, 0) is 10.0 Å². The summed E-state index contributed by atoms with van der Waals surface area (Å²) in [5, 5.41) is 9.78. The average Bonchev–Trinajstić information content (AvgIpc) is 2.39. The maximum atomic E-state index is 12.2. The molecule has 0 aliphatic heterocycles. The molecule has 0 saturated heterocycles. The van der Waals surface area contributed by atoms with Gasteiger partial charge in [0.25, 0.3) is 10.0 Å². The molecule has 21 heavy (non-hydrogen) atoms. The van der Waals surface area contributed by atoms with Gasteiger partial charge in [-0.1, -0.05) is 34.8 Å². The normalized spacial score (nSPS) is 11.4. The van der Waals surface area contributed by atoms with Gasteiger partial charge < -0.3 is 10.8 Å². The lowest BCUT2D eigenvalue weighted by molar-refractivity contribution is 0.477. The van der Waals surface area contributed by atoms with Gasteiger partial charge in [-0.25, -0.2) is 8.42 Å². The third-order valence-corrected chi connectivity index (χ3v) is 4.96. The minimum absolute atomic E-state index is 0.0573. The molecule has 0 unspecified atom stereocenters. The molecule has 2 rings (SSSR count). The number of rotatable bonds is 3. The monoisotopic (exact) mass is 366 g/mol. The van der Waals surface area contributed by atoms with E-state index in [0.29, 0.717) is 0 Å². The second-order valence-electron chi connectivity index (χ2n) is 4.07. The van der Waals surface area contributed by atoms with Crippen molar-refractivity contribution in [1.82, 2.24) is 0 Å². The molecule has 0 amide bonds. The van der Waals surface area contributed by atoms with Gasteiger partial charge in [0.2, 0.25) is 0 Å². The summed E-state index contributed by atoms with van der Waals surface area (Å²) in [7, 11) is -3.93. The van der Waals surface area contributed by atoms with Crippen molar-refractivity contribution in [2.45, 2.75) is 4.90 Å². The molecule has 0 radical (unpaired) electrons. The molecule has 0 aromatic heterocycles. The Morgan fingerprint density at radius 2 is 1.62 bits per heavy atom. The standard InChI is InChI=1S/C12H9Cl3N2O3S/c13-7-4-9(15)11(5-8(7)14)17-21(19,20)6-1-2-12(18)10(16)3-6/h1-5,17-18H,16H2. The summed E-state index contributed by atoms with van der Waals surface area (Å²) in [4.78, 5) is -0.125. The zero-order valence-corrected chi connectivity index (χ0v) is 13.4. The van der Waals surface area contributed by atoms with E-state index in [2.05, 4.69) is 4.72 Å². The Bertz CT molecular complexity index is 810. The summed E-state index contributed by atoms with van der Waals surface area (Å²) in [6.45, 7) is 0. The molecule has 0 aliphatic carbocycles. The van der Waals surface area contributed by atoms with Crippen LogP contribution in [0.5, 0.6) is 5.75 Å². The van der Waals surface area contributed by atoms with Crippen LogP contribution in [0.4, 0.5) is 11.4 Å². The molecular weight excluding hydrogens is 359 g/mol. The number of nitrogens with two attached hydrogens (primary N) is 1. The van der Waals surface area contributed by atoms with Gasteiger partial charge in [-0.15, -0.1) is 0 Å². The van der Waals surface area contributed by atoms with Crippen LogP contribution < -0.4 is 10.5 Å². The summed E-state index contributed by atoms with van der Waals surface area (Å²) in [5.74, 6) is -0.207. The fourth-order valence-electron chi connectivity index (χ4n) is 1.50. The van der Waals surface area contributed by atoms with E-state index >= 15 is 0 Å². The minimum Gasteiger partial charge on any atom is -0.506 e. The van der Waals surface area contributed by atoms with Gasteiger partial charge in [-0.05, 0) is 30.3 Å². The van der Waals surface area contributed by atoms with Gasteiger partial charge >= 0.3 is 0 Å². The first-order chi connectivity index (χ1) is 9.70. The third kappa shape index (κ3) is 3.47. The predicted octanol–water partition coefficient (Wildman–Crippen LogP) is 3.74. The maximum absolute atomic E-state index is 12.2. The van der Waals surface area contributed by atoms with Crippen molar-refractivity contribution in [1.29, 1.82) is 0 Å². The van der Waals surface area contributed by atoms with E-state index in [-0.39, 0.29) is 37.1 Å². The Kier molecular flexibility index (Phi) is 4.43. The molecule has 0 aliphatic rings. The van der Waals surface area contributed by atoms with Crippen molar-refractivity contribution in [3.8, 4) is 5.75 Å². The number of nitrogen functional groups attached to an aromatic ring is 1. The van der Waals surface area contributed by atoms with E-state index in [1.807, 2.05) is 0 Å². The van der Waals surface area contributed by atoms with Crippen molar-refractivity contribution < 1.29 is 13.5 Å². The van der Waals surface area contributed by atoms with Gasteiger partial charge in [0.15, 0.2) is 0 Å². The molecule has 112 valence electrons. The van der Waals surface area contributed by atoms with Crippen LogP contribution in [-0.4, -0.2) is 13.5 Å². The van der Waals surface area contributed by atoms with Gasteiger partial charge in [0, 0.05) is 0 Å². The van der Waals surface area contributed by atoms with Crippen LogP contribution in [0.1, 0.15) is 0 Å². The number of phenols is 1. The number of halogens is 3. The van der Waals surface area contributed by atoms with Gasteiger partial charge in [-0.2, -0.15) is 0 Å². The number of hydrogen-bond donors (Lipinski definition) is 3. The first kappa shape index (κ1) is 16.0. The highest BCUT2D eigenvalue weighted by Gasteiger charge is 2.18. The van der Waals surface area contributed by atoms with Crippen molar-refractivity contribution >= 4 is 56.2 Å². The van der Waals surface area contributed by atoms with Crippen molar-refractivity contribution in [3.05, 3.63) is 45.4 Å². The number of benzene rings is 2. The van der Waals surface area contributed by atoms with Gasteiger partial charge in [0.05, 0.1) is 31.3 Å². The van der Waals surface area contributed by atoms with Crippen LogP contribution in [0.15, 0.2) is 35.2 Å². The van der Waals surface area contributed by atoms with Gasteiger partial charge in [-0.3, -0.25) is 4.72 Å². The van der Waals surface area contributed by atoms with E-state index in [0.717, 1.165) is 6.07 Å². The number of phenolic OH excluding ortho intramolecular Hbond substituents is 1. The zero-order valence-electron chi connectivity index (χ0n) is 10.3. The first-order valence-electron chi connectivity index (χ1n) is 5.46. The summed E-state index contributed by atoms with van der Waals surface area (Å²) >= 11 is 17.5. The molecule has 0 saturated carbocycles. The largest absolute Gasteiger partial charge is 0.506 e.